The fraction of sp³-hybridized carbons (Fsp3) is 0.483. The highest BCUT2D eigenvalue weighted by molar-refractivity contribution is 5.91. The molecular formula is C29H32O3. The van der Waals surface area contributed by atoms with Gasteiger partial charge in [0, 0.05) is 17.4 Å². The zero-order chi connectivity index (χ0) is 22.1. The summed E-state index contributed by atoms with van der Waals surface area (Å²) in [7, 11) is 0. The van der Waals surface area contributed by atoms with Crippen molar-refractivity contribution in [3.63, 3.8) is 0 Å². The van der Waals surface area contributed by atoms with E-state index in [-0.39, 0.29) is 5.41 Å². The Kier molecular flexibility index (Phi) is 4.46. The van der Waals surface area contributed by atoms with E-state index in [1.165, 1.54) is 16.7 Å². The number of hydrogen-bond donors (Lipinski definition) is 1. The molecule has 0 saturated heterocycles. The Morgan fingerprint density at radius 1 is 1.06 bits per heavy atom. The minimum Gasteiger partial charge on any atom is -0.472 e. The van der Waals surface area contributed by atoms with Gasteiger partial charge < -0.3 is 9.52 Å². The summed E-state index contributed by atoms with van der Waals surface area (Å²) in [6, 6.07) is 10.8. The highest BCUT2D eigenvalue weighted by atomic mass is 16.3. The SMILES string of the molecule is C[C@]1(O)C=C[C@H]2[C@@H]3CCC4=CC(=O)CC[C@@H]4[C@H]3[C@@H](c3ccccc3-c3ccoc3)C[C@@]21C. The van der Waals surface area contributed by atoms with E-state index in [1.54, 1.807) is 6.26 Å². The Morgan fingerprint density at radius 3 is 2.72 bits per heavy atom. The minimum atomic E-state index is -0.801. The highest BCUT2D eigenvalue weighted by Crippen LogP contribution is 2.66. The van der Waals surface area contributed by atoms with Crippen LogP contribution >= 0.6 is 0 Å². The maximum Gasteiger partial charge on any atom is 0.155 e. The number of aliphatic hydroxyl groups is 1. The number of hydrogen-bond acceptors (Lipinski definition) is 3. The van der Waals surface area contributed by atoms with Crippen molar-refractivity contribution >= 4 is 5.78 Å². The third-order valence-corrected chi connectivity index (χ3v) is 9.53. The zero-order valence-corrected chi connectivity index (χ0v) is 19.0. The van der Waals surface area contributed by atoms with Crippen LogP contribution in [0.1, 0.15) is 57.4 Å². The number of carbonyl (C=O) groups excluding carboxylic acids is 1. The van der Waals surface area contributed by atoms with Gasteiger partial charge in [-0.25, -0.2) is 0 Å². The molecular weight excluding hydrogens is 396 g/mol. The van der Waals surface area contributed by atoms with Crippen molar-refractivity contribution in [1.82, 2.24) is 0 Å². The molecule has 7 atom stereocenters. The summed E-state index contributed by atoms with van der Waals surface area (Å²) in [5, 5.41) is 11.5. The Hall–Kier alpha value is -2.39. The van der Waals surface area contributed by atoms with Gasteiger partial charge in [-0.1, -0.05) is 48.9 Å². The predicted octanol–water partition coefficient (Wildman–Crippen LogP) is 6.31. The van der Waals surface area contributed by atoms with Gasteiger partial charge in [-0.05, 0) is 85.5 Å². The number of rotatable bonds is 2. The lowest BCUT2D eigenvalue weighted by Crippen LogP contribution is -2.54. The molecule has 32 heavy (non-hydrogen) atoms. The van der Waals surface area contributed by atoms with Crippen molar-refractivity contribution in [3.05, 3.63) is 72.2 Å². The maximum absolute atomic E-state index is 12.2. The molecule has 0 aliphatic heterocycles. The molecule has 4 aliphatic rings. The highest BCUT2D eigenvalue weighted by Gasteiger charge is 2.61. The summed E-state index contributed by atoms with van der Waals surface area (Å²) in [4.78, 5) is 12.2. The van der Waals surface area contributed by atoms with Crippen LogP contribution in [0.3, 0.4) is 0 Å². The van der Waals surface area contributed by atoms with E-state index in [0.717, 1.165) is 31.2 Å². The van der Waals surface area contributed by atoms with E-state index in [9.17, 15) is 9.90 Å². The number of ketones is 1. The lowest BCUT2D eigenvalue weighted by Gasteiger charge is -2.58. The Balaban J connectivity index is 1.52. The van der Waals surface area contributed by atoms with Gasteiger partial charge >= 0.3 is 0 Å². The number of carbonyl (C=O) groups is 1. The summed E-state index contributed by atoms with van der Waals surface area (Å²) in [6.45, 7) is 4.30. The average molecular weight is 429 g/mol. The summed E-state index contributed by atoms with van der Waals surface area (Å²) in [5.74, 6) is 2.51. The van der Waals surface area contributed by atoms with Gasteiger partial charge in [0.25, 0.3) is 0 Å². The first kappa shape index (κ1) is 20.2. The largest absolute Gasteiger partial charge is 0.472 e. The quantitative estimate of drug-likeness (QED) is 0.570. The number of benzene rings is 1. The molecule has 2 aromatic rings. The molecule has 1 heterocycles. The molecule has 1 aromatic carbocycles. The summed E-state index contributed by atoms with van der Waals surface area (Å²) < 4.78 is 5.44. The Labute approximate surface area is 190 Å². The van der Waals surface area contributed by atoms with Crippen molar-refractivity contribution in [2.75, 3.05) is 0 Å². The number of allylic oxidation sites excluding steroid dienone is 3. The van der Waals surface area contributed by atoms with Crippen LogP contribution in [0.2, 0.25) is 0 Å². The normalized spacial score (nSPS) is 40.4. The molecule has 1 aromatic heterocycles. The molecule has 0 radical (unpaired) electrons. The van der Waals surface area contributed by atoms with Crippen molar-refractivity contribution in [1.29, 1.82) is 0 Å². The van der Waals surface area contributed by atoms with Crippen LogP contribution in [0.25, 0.3) is 11.1 Å². The van der Waals surface area contributed by atoms with Gasteiger partial charge in [0.2, 0.25) is 0 Å². The van der Waals surface area contributed by atoms with E-state index in [1.807, 2.05) is 25.3 Å². The third kappa shape index (κ3) is 2.80. The fourth-order valence-electron chi connectivity index (χ4n) is 7.79. The van der Waals surface area contributed by atoms with E-state index in [0.29, 0.717) is 41.8 Å². The van der Waals surface area contributed by atoms with Crippen molar-refractivity contribution in [2.45, 2.75) is 57.5 Å². The maximum atomic E-state index is 12.2. The Bertz CT molecular complexity index is 1110. The topological polar surface area (TPSA) is 50.4 Å². The molecule has 3 heteroatoms. The monoisotopic (exact) mass is 428 g/mol. The standard InChI is InChI=1S/C29H32O3/c1-28-16-25(23-6-4-3-5-21(23)19-12-14-32-17-19)27-22-10-8-20(30)15-18(22)7-9-24(27)26(28)11-13-29(28,2)31/h3-6,11-15,17,22,24-27,31H,7-10,16H2,1-2H3/t22-,24-,25+,26-,27+,28-,29-/m0/s1. The smallest absolute Gasteiger partial charge is 0.155 e. The molecule has 6 rings (SSSR count). The van der Waals surface area contributed by atoms with Gasteiger partial charge in [0.05, 0.1) is 18.1 Å². The molecule has 166 valence electrons. The molecule has 0 amide bonds. The van der Waals surface area contributed by atoms with Gasteiger partial charge in [0.1, 0.15) is 0 Å². The first-order chi connectivity index (χ1) is 15.4. The van der Waals surface area contributed by atoms with Crippen LogP contribution in [0.15, 0.2) is 71.1 Å². The second kappa shape index (κ2) is 7.05. The molecule has 0 spiro atoms. The van der Waals surface area contributed by atoms with Gasteiger partial charge in [-0.3, -0.25) is 4.79 Å². The zero-order valence-electron chi connectivity index (χ0n) is 19.0. The van der Waals surface area contributed by atoms with E-state index in [4.69, 9.17) is 4.42 Å². The molecule has 0 unspecified atom stereocenters. The van der Waals surface area contributed by atoms with Crippen molar-refractivity contribution < 1.29 is 14.3 Å². The lowest BCUT2D eigenvalue weighted by molar-refractivity contribution is -0.117. The number of fused-ring (bicyclic) bond motifs is 5. The fourth-order valence-corrected chi connectivity index (χ4v) is 7.79. The van der Waals surface area contributed by atoms with Crippen LogP contribution < -0.4 is 0 Å². The second-order valence-corrected chi connectivity index (χ2v) is 11.0. The summed E-state index contributed by atoms with van der Waals surface area (Å²) >= 11 is 0. The first-order valence-electron chi connectivity index (χ1n) is 12.2. The van der Waals surface area contributed by atoms with Crippen LogP contribution in [0.4, 0.5) is 0 Å². The molecule has 2 fully saturated rings. The Morgan fingerprint density at radius 2 is 1.91 bits per heavy atom. The summed E-state index contributed by atoms with van der Waals surface area (Å²) in [5.41, 5.74) is 4.11. The first-order valence-corrected chi connectivity index (χ1v) is 12.2. The van der Waals surface area contributed by atoms with Crippen LogP contribution in [-0.2, 0) is 4.79 Å². The average Bonchev–Trinajstić information content (AvgIpc) is 3.39. The summed E-state index contributed by atoms with van der Waals surface area (Å²) in [6.07, 6.45) is 14.6. The lowest BCUT2D eigenvalue weighted by atomic mass is 9.46. The minimum absolute atomic E-state index is 0.186. The molecule has 2 saturated carbocycles. The molecule has 4 aliphatic carbocycles. The molecule has 3 nitrogen and oxygen atoms in total. The molecule has 1 N–H and O–H groups in total. The second-order valence-electron chi connectivity index (χ2n) is 11.0. The van der Waals surface area contributed by atoms with Gasteiger partial charge in [-0.2, -0.15) is 0 Å². The van der Waals surface area contributed by atoms with E-state index in [2.05, 4.69) is 43.3 Å². The van der Waals surface area contributed by atoms with E-state index < -0.39 is 5.60 Å². The van der Waals surface area contributed by atoms with Crippen LogP contribution in [0.5, 0.6) is 0 Å². The van der Waals surface area contributed by atoms with Crippen molar-refractivity contribution in [3.8, 4) is 11.1 Å². The van der Waals surface area contributed by atoms with E-state index >= 15 is 0 Å². The number of furan rings is 1. The van der Waals surface area contributed by atoms with Gasteiger partial charge in [-0.15, -0.1) is 0 Å². The van der Waals surface area contributed by atoms with Crippen molar-refractivity contribution in [2.24, 2.45) is 29.1 Å². The van der Waals surface area contributed by atoms with Crippen LogP contribution in [0, 0.1) is 29.1 Å². The van der Waals surface area contributed by atoms with Gasteiger partial charge in [0.15, 0.2) is 5.78 Å². The molecule has 0 bridgehead atoms. The van der Waals surface area contributed by atoms with Crippen LogP contribution in [-0.4, -0.2) is 16.5 Å². The third-order valence-electron chi connectivity index (χ3n) is 9.53. The predicted molar refractivity (Wildman–Crippen MR) is 125 cm³/mol.